The molecular formula is C8H9ClF4N2. The molecule has 0 unspecified atom stereocenters. The summed E-state index contributed by atoms with van der Waals surface area (Å²) in [5.74, 6) is -1.24. The lowest BCUT2D eigenvalue weighted by atomic mass is 10.2. The minimum Gasteiger partial charge on any atom is -0.390 e. The fourth-order valence-electron chi connectivity index (χ4n) is 0.691. The average molecular weight is 245 g/mol. The number of rotatable bonds is 0. The van der Waals surface area contributed by atoms with Crippen molar-refractivity contribution in [3.8, 4) is 0 Å². The van der Waals surface area contributed by atoms with Gasteiger partial charge in [0.25, 0.3) is 0 Å². The molecule has 0 saturated heterocycles. The van der Waals surface area contributed by atoms with E-state index in [1.807, 2.05) is 0 Å². The Labute approximate surface area is 90.0 Å². The van der Waals surface area contributed by atoms with Crippen molar-refractivity contribution in [1.29, 1.82) is 5.41 Å². The molecule has 0 spiro atoms. The van der Waals surface area contributed by atoms with Crippen LogP contribution in [0, 0.1) is 11.2 Å². The summed E-state index contributed by atoms with van der Waals surface area (Å²) in [4.78, 5) is 0. The summed E-state index contributed by atoms with van der Waals surface area (Å²) in [6, 6.07) is 3.84. The molecule has 0 fully saturated rings. The van der Waals surface area contributed by atoms with Crippen molar-refractivity contribution in [2.24, 2.45) is 5.73 Å². The Morgan fingerprint density at radius 1 is 1.20 bits per heavy atom. The predicted molar refractivity (Wildman–Crippen MR) is 51.6 cm³/mol. The van der Waals surface area contributed by atoms with Crippen LogP contribution in [0.2, 0.25) is 0 Å². The SMILES string of the molecule is Cl.Fc1ccccc1C(F)(F)F.N=CN. The summed E-state index contributed by atoms with van der Waals surface area (Å²) in [7, 11) is 0. The monoisotopic (exact) mass is 244 g/mol. The summed E-state index contributed by atoms with van der Waals surface area (Å²) in [5.41, 5.74) is 3.17. The Bertz CT molecular complexity index is 301. The first kappa shape index (κ1) is 16.1. The summed E-state index contributed by atoms with van der Waals surface area (Å²) in [6.07, 6.45) is -3.84. The Balaban J connectivity index is 0. The van der Waals surface area contributed by atoms with Crippen LogP contribution in [0.15, 0.2) is 24.3 Å². The molecule has 86 valence electrons. The first-order valence-electron chi connectivity index (χ1n) is 3.46. The Hall–Kier alpha value is -1.30. The number of alkyl halides is 3. The molecule has 0 radical (unpaired) electrons. The molecule has 1 aromatic rings. The zero-order valence-electron chi connectivity index (χ0n) is 7.38. The number of halogens is 5. The summed E-state index contributed by atoms with van der Waals surface area (Å²) < 4.78 is 47.8. The third kappa shape index (κ3) is 5.90. The van der Waals surface area contributed by atoms with E-state index in [-0.39, 0.29) is 12.4 Å². The third-order valence-electron chi connectivity index (χ3n) is 1.18. The van der Waals surface area contributed by atoms with Crippen molar-refractivity contribution < 1.29 is 17.6 Å². The van der Waals surface area contributed by atoms with Gasteiger partial charge in [-0.1, -0.05) is 12.1 Å². The van der Waals surface area contributed by atoms with E-state index in [4.69, 9.17) is 5.41 Å². The second-order valence-electron chi connectivity index (χ2n) is 2.14. The number of hydrogen-bond acceptors (Lipinski definition) is 1. The average Bonchev–Trinajstić information content (AvgIpc) is 2.04. The zero-order chi connectivity index (χ0) is 11.2. The maximum atomic E-state index is 12.4. The van der Waals surface area contributed by atoms with Gasteiger partial charge in [0.1, 0.15) is 5.82 Å². The Morgan fingerprint density at radius 3 is 1.87 bits per heavy atom. The van der Waals surface area contributed by atoms with Crippen LogP contribution in [0.3, 0.4) is 0 Å². The van der Waals surface area contributed by atoms with Crippen molar-refractivity contribution in [3.05, 3.63) is 35.6 Å². The van der Waals surface area contributed by atoms with E-state index in [1.165, 1.54) is 6.07 Å². The van der Waals surface area contributed by atoms with Gasteiger partial charge >= 0.3 is 6.18 Å². The molecular weight excluding hydrogens is 236 g/mol. The van der Waals surface area contributed by atoms with Crippen molar-refractivity contribution in [2.75, 3.05) is 0 Å². The van der Waals surface area contributed by atoms with E-state index in [1.54, 1.807) is 0 Å². The van der Waals surface area contributed by atoms with Crippen LogP contribution in [0.25, 0.3) is 0 Å². The van der Waals surface area contributed by atoms with E-state index in [0.717, 1.165) is 18.5 Å². The highest BCUT2D eigenvalue weighted by Gasteiger charge is 2.33. The van der Waals surface area contributed by atoms with Gasteiger partial charge in [-0.05, 0) is 12.1 Å². The maximum Gasteiger partial charge on any atom is 0.419 e. The Kier molecular flexibility index (Phi) is 7.59. The van der Waals surface area contributed by atoms with Crippen molar-refractivity contribution >= 4 is 18.7 Å². The van der Waals surface area contributed by atoms with Gasteiger partial charge in [0.05, 0.1) is 11.9 Å². The fraction of sp³-hybridized carbons (Fsp3) is 0.125. The first-order chi connectivity index (χ1) is 6.43. The van der Waals surface area contributed by atoms with Crippen molar-refractivity contribution in [1.82, 2.24) is 0 Å². The van der Waals surface area contributed by atoms with Crippen LogP contribution in [0.1, 0.15) is 5.56 Å². The zero-order valence-corrected chi connectivity index (χ0v) is 8.20. The third-order valence-corrected chi connectivity index (χ3v) is 1.18. The van der Waals surface area contributed by atoms with Crippen molar-refractivity contribution in [2.45, 2.75) is 6.18 Å². The van der Waals surface area contributed by atoms with E-state index in [2.05, 4.69) is 5.73 Å². The minimum absolute atomic E-state index is 0. The highest BCUT2D eigenvalue weighted by molar-refractivity contribution is 5.85. The predicted octanol–water partition coefficient (Wildman–Crippen LogP) is 2.82. The van der Waals surface area contributed by atoms with Crippen LogP contribution in [-0.2, 0) is 6.18 Å². The van der Waals surface area contributed by atoms with Crippen LogP contribution < -0.4 is 5.73 Å². The largest absolute Gasteiger partial charge is 0.419 e. The van der Waals surface area contributed by atoms with Crippen LogP contribution in [0.5, 0.6) is 0 Å². The lowest BCUT2D eigenvalue weighted by Crippen LogP contribution is -2.07. The quantitative estimate of drug-likeness (QED) is 0.412. The molecule has 2 nitrogen and oxygen atoms in total. The topological polar surface area (TPSA) is 49.9 Å². The molecule has 7 heteroatoms. The van der Waals surface area contributed by atoms with E-state index in [9.17, 15) is 17.6 Å². The van der Waals surface area contributed by atoms with E-state index < -0.39 is 17.6 Å². The molecule has 0 aliphatic heterocycles. The van der Waals surface area contributed by atoms with Gasteiger partial charge in [0, 0.05) is 0 Å². The maximum absolute atomic E-state index is 12.4. The molecule has 0 aromatic heterocycles. The number of benzene rings is 1. The molecule has 15 heavy (non-hydrogen) atoms. The van der Waals surface area contributed by atoms with E-state index >= 15 is 0 Å². The molecule has 1 rings (SSSR count). The second kappa shape index (κ2) is 7.05. The number of hydrogen-bond donors (Lipinski definition) is 2. The molecule has 1 aromatic carbocycles. The fourth-order valence-corrected chi connectivity index (χ4v) is 0.691. The molecule has 0 aliphatic carbocycles. The van der Waals surface area contributed by atoms with Gasteiger partial charge < -0.3 is 5.73 Å². The Morgan fingerprint density at radius 2 is 1.60 bits per heavy atom. The molecule has 0 saturated carbocycles. The van der Waals surface area contributed by atoms with Crippen molar-refractivity contribution in [3.63, 3.8) is 0 Å². The van der Waals surface area contributed by atoms with Gasteiger partial charge in [-0.3, -0.25) is 5.41 Å². The molecule has 0 atom stereocenters. The van der Waals surface area contributed by atoms with Gasteiger partial charge in [0.2, 0.25) is 0 Å². The molecule has 0 bridgehead atoms. The molecule has 0 heterocycles. The van der Waals surface area contributed by atoms with Gasteiger partial charge in [-0.25, -0.2) is 4.39 Å². The lowest BCUT2D eigenvalue weighted by Gasteiger charge is -2.05. The standard InChI is InChI=1S/C7H4F4.CH4N2.ClH/c8-6-4-2-1-3-5(6)7(9,10)11;2-1-3;/h1-4H;1H,(H3,2,3);1H. The summed E-state index contributed by atoms with van der Waals surface area (Å²) >= 11 is 0. The van der Waals surface area contributed by atoms with Gasteiger partial charge in [-0.15, -0.1) is 12.4 Å². The second-order valence-corrected chi connectivity index (χ2v) is 2.14. The minimum atomic E-state index is -4.59. The highest BCUT2D eigenvalue weighted by Crippen LogP contribution is 2.30. The van der Waals surface area contributed by atoms with Crippen LogP contribution in [-0.4, -0.2) is 6.34 Å². The summed E-state index contributed by atoms with van der Waals surface area (Å²) in [6.45, 7) is 0. The van der Waals surface area contributed by atoms with Crippen LogP contribution >= 0.6 is 12.4 Å². The normalized spacial score (nSPS) is 9.33. The molecule has 3 N–H and O–H groups in total. The van der Waals surface area contributed by atoms with E-state index in [0.29, 0.717) is 6.07 Å². The number of nitrogens with one attached hydrogen (secondary N) is 1. The molecule has 0 aliphatic rings. The van der Waals surface area contributed by atoms with Gasteiger partial charge in [0.15, 0.2) is 0 Å². The van der Waals surface area contributed by atoms with Crippen LogP contribution in [0.4, 0.5) is 17.6 Å². The smallest absolute Gasteiger partial charge is 0.390 e. The number of nitrogens with two attached hydrogens (primary N) is 1. The molecule has 0 amide bonds. The first-order valence-corrected chi connectivity index (χ1v) is 3.46. The van der Waals surface area contributed by atoms with Gasteiger partial charge in [-0.2, -0.15) is 13.2 Å². The lowest BCUT2D eigenvalue weighted by molar-refractivity contribution is -0.140. The summed E-state index contributed by atoms with van der Waals surface area (Å²) in [5, 5.41) is 5.86. The highest BCUT2D eigenvalue weighted by atomic mass is 35.5.